The minimum absolute atomic E-state index is 0.0826. The molecule has 4 atom stereocenters. The molecule has 1 aliphatic carbocycles. The number of carbonyl (C=O) groups excluding carboxylic acids is 2. The Kier molecular flexibility index (Phi) is 6.20. The average Bonchev–Trinajstić information content (AvgIpc) is 3.29. The molecule has 43 heavy (non-hydrogen) atoms. The number of halogens is 7. The number of alkyl halides is 2. The molecular weight excluding hydrogens is 630 g/mol. The number of hydrogen-bond donors (Lipinski definition) is 1. The summed E-state index contributed by atoms with van der Waals surface area (Å²) in [6.07, 6.45) is 0.650. The van der Waals surface area contributed by atoms with Gasteiger partial charge in [-0.15, -0.1) is 23.2 Å². The molecule has 3 aliphatic rings. The molecule has 3 aromatic rings. The summed E-state index contributed by atoms with van der Waals surface area (Å²) in [6.45, 7) is -0.251. The van der Waals surface area contributed by atoms with E-state index in [0.29, 0.717) is 0 Å². The molecule has 2 amide bonds. The zero-order chi connectivity index (χ0) is 31.5. The Bertz CT molecular complexity index is 1930. The molecule has 1 saturated carbocycles. The van der Waals surface area contributed by atoms with Gasteiger partial charge in [0.2, 0.25) is 5.82 Å². The molecule has 2 fully saturated rings. The molecule has 1 aromatic heterocycles. The van der Waals surface area contributed by atoms with Crippen LogP contribution in [-0.2, 0) is 23.2 Å². The fourth-order valence-corrected chi connectivity index (χ4v) is 7.15. The number of hydrogen-bond acceptors (Lipinski definition) is 6. The summed E-state index contributed by atoms with van der Waals surface area (Å²) in [7, 11) is 2.39. The summed E-state index contributed by atoms with van der Waals surface area (Å²) in [5, 5.41) is 11.0. The molecule has 0 radical (unpaired) electrons. The van der Waals surface area contributed by atoms with Crippen molar-refractivity contribution in [3.8, 4) is 11.5 Å². The molecule has 2 aromatic carbocycles. The highest BCUT2D eigenvalue weighted by Crippen LogP contribution is 2.65. The first-order valence-corrected chi connectivity index (χ1v) is 13.1. The molecule has 1 N–H and O–H groups in total. The number of methoxy groups -OCH3 is 1. The quantitative estimate of drug-likeness (QED) is 0.117. The Labute approximate surface area is 246 Å². The van der Waals surface area contributed by atoms with E-state index in [9.17, 15) is 37.5 Å². The van der Waals surface area contributed by atoms with E-state index in [1.165, 1.54) is 38.4 Å². The Morgan fingerprint density at radius 3 is 2.14 bits per heavy atom. The number of fused-ring (bicyclic) bond motifs is 4. The number of amides is 2. The molecule has 3 heterocycles. The topological polar surface area (TPSA) is 116 Å². The number of benzene rings is 2. The van der Waals surface area contributed by atoms with Crippen LogP contribution in [0.25, 0.3) is 0 Å². The summed E-state index contributed by atoms with van der Waals surface area (Å²) < 4.78 is 80.5. The predicted molar refractivity (Wildman–Crippen MR) is 139 cm³/mol. The third-order valence-corrected chi connectivity index (χ3v) is 9.64. The highest BCUT2D eigenvalue weighted by Gasteiger charge is 2.76. The maximum atomic E-state index is 15.0. The second kappa shape index (κ2) is 9.19. The van der Waals surface area contributed by atoms with Gasteiger partial charge in [0.1, 0.15) is 17.2 Å². The Hall–Kier alpha value is -4.11. The fourth-order valence-electron chi connectivity index (χ4n) is 6.26. The van der Waals surface area contributed by atoms with Crippen molar-refractivity contribution in [1.82, 2.24) is 13.9 Å². The highest BCUT2D eigenvalue weighted by molar-refractivity contribution is 6.58. The van der Waals surface area contributed by atoms with Crippen LogP contribution in [0.15, 0.2) is 39.4 Å². The maximum Gasteiger partial charge on any atom is 0.347 e. The lowest BCUT2D eigenvalue weighted by Crippen LogP contribution is -2.59. The number of rotatable bonds is 3. The standard InChI is InChI=1S/C26H17Cl2F5N4O6/c1-34-23(41)35-7-6-9-10(37(35)24(34)42)8-25(27)21(39)36(20-18(32)16(30)15(29)17(31)19(20)33)22(40)26(25,28)14(9)13-11(38)4-3-5-12(13)43-2/h3-6,10,14,38H,7-8H2,1-2H3/t10-,14-,25-,26+/m1/s1. The van der Waals surface area contributed by atoms with Crippen LogP contribution >= 0.6 is 23.2 Å². The summed E-state index contributed by atoms with van der Waals surface area (Å²) in [4.78, 5) is 48.2. The van der Waals surface area contributed by atoms with Gasteiger partial charge in [-0.05, 0) is 17.7 Å². The average molecular weight is 647 g/mol. The second-order valence-electron chi connectivity index (χ2n) is 10.2. The SMILES string of the molecule is COc1cccc(O)c1[C@H]1C2=CCn3c(=O)n(C)c(=O)n3[C@@H]2C[C@@]2(Cl)C(=O)N(c3c(F)c(F)c(F)c(F)c3F)C(=O)[C@@]12Cl. The van der Waals surface area contributed by atoms with Crippen LogP contribution in [0.2, 0.25) is 0 Å². The smallest absolute Gasteiger partial charge is 0.347 e. The Morgan fingerprint density at radius 2 is 1.53 bits per heavy atom. The van der Waals surface area contributed by atoms with Crippen LogP contribution in [0.4, 0.5) is 27.6 Å². The van der Waals surface area contributed by atoms with E-state index >= 15 is 8.78 Å². The van der Waals surface area contributed by atoms with Crippen LogP contribution in [0, 0.1) is 29.1 Å². The minimum Gasteiger partial charge on any atom is -0.508 e. The first-order valence-electron chi connectivity index (χ1n) is 12.4. The molecule has 10 nitrogen and oxygen atoms in total. The molecule has 2 aliphatic heterocycles. The minimum atomic E-state index is -2.80. The van der Waals surface area contributed by atoms with Crippen LogP contribution in [0.3, 0.4) is 0 Å². The molecule has 0 unspecified atom stereocenters. The Morgan fingerprint density at radius 1 is 0.930 bits per heavy atom. The van der Waals surface area contributed by atoms with Gasteiger partial charge in [-0.1, -0.05) is 12.1 Å². The molecule has 0 spiro atoms. The zero-order valence-corrected chi connectivity index (χ0v) is 23.3. The summed E-state index contributed by atoms with van der Waals surface area (Å²) in [5.74, 6) is -18.1. The third-order valence-electron chi connectivity index (χ3n) is 8.23. The number of ether oxygens (including phenoxy) is 1. The third kappa shape index (κ3) is 3.34. The van der Waals surface area contributed by atoms with Crippen molar-refractivity contribution in [2.75, 3.05) is 12.0 Å². The first-order chi connectivity index (χ1) is 20.1. The van der Waals surface area contributed by atoms with Gasteiger partial charge in [-0.25, -0.2) is 50.4 Å². The largest absolute Gasteiger partial charge is 0.508 e. The van der Waals surface area contributed by atoms with Crippen molar-refractivity contribution in [2.24, 2.45) is 7.05 Å². The van der Waals surface area contributed by atoms with Gasteiger partial charge >= 0.3 is 11.4 Å². The van der Waals surface area contributed by atoms with Crippen LogP contribution < -0.4 is 21.0 Å². The molecule has 226 valence electrons. The number of aromatic nitrogens is 3. The van der Waals surface area contributed by atoms with Gasteiger partial charge in [-0.3, -0.25) is 9.59 Å². The van der Waals surface area contributed by atoms with Crippen molar-refractivity contribution in [3.63, 3.8) is 0 Å². The van der Waals surface area contributed by atoms with Gasteiger partial charge in [-0.2, -0.15) is 0 Å². The summed E-state index contributed by atoms with van der Waals surface area (Å²) in [6, 6.07) is 2.58. The van der Waals surface area contributed by atoms with E-state index < -0.39 is 91.8 Å². The second-order valence-corrected chi connectivity index (χ2v) is 11.4. The number of anilines is 1. The number of aromatic hydroxyl groups is 1. The van der Waals surface area contributed by atoms with E-state index in [1.54, 1.807) is 0 Å². The van der Waals surface area contributed by atoms with E-state index in [2.05, 4.69) is 0 Å². The van der Waals surface area contributed by atoms with Gasteiger partial charge in [0.05, 0.1) is 19.7 Å². The van der Waals surface area contributed by atoms with E-state index in [-0.39, 0.29) is 28.3 Å². The van der Waals surface area contributed by atoms with Crippen LogP contribution in [0.1, 0.15) is 23.9 Å². The van der Waals surface area contributed by atoms with Crippen molar-refractivity contribution < 1.29 is 41.4 Å². The normalized spacial score (nSPS) is 26.3. The highest BCUT2D eigenvalue weighted by atomic mass is 35.5. The molecule has 6 rings (SSSR count). The maximum absolute atomic E-state index is 15.0. The lowest BCUT2D eigenvalue weighted by Gasteiger charge is -2.49. The number of phenols is 1. The summed E-state index contributed by atoms with van der Waals surface area (Å²) >= 11 is 13.9. The predicted octanol–water partition coefficient (Wildman–Crippen LogP) is 2.96. The Balaban J connectivity index is 1.69. The lowest BCUT2D eigenvalue weighted by molar-refractivity contribution is -0.122. The van der Waals surface area contributed by atoms with Crippen molar-refractivity contribution >= 4 is 40.7 Å². The summed E-state index contributed by atoms with van der Waals surface area (Å²) in [5.41, 5.74) is -3.67. The molecular formula is C26H17Cl2F5N4O6. The number of nitrogens with zero attached hydrogens (tertiary/aromatic N) is 4. The van der Waals surface area contributed by atoms with Crippen LogP contribution in [-0.4, -0.2) is 47.7 Å². The van der Waals surface area contributed by atoms with Crippen molar-refractivity contribution in [2.45, 2.75) is 34.7 Å². The van der Waals surface area contributed by atoms with E-state index in [1.807, 2.05) is 0 Å². The van der Waals surface area contributed by atoms with Crippen molar-refractivity contribution in [3.05, 3.63) is 85.5 Å². The number of carbonyl (C=O) groups is 2. The number of imide groups is 1. The molecule has 1 saturated heterocycles. The van der Waals surface area contributed by atoms with E-state index in [4.69, 9.17) is 27.9 Å². The van der Waals surface area contributed by atoms with Gasteiger partial charge < -0.3 is 9.84 Å². The molecule has 0 bridgehead atoms. The lowest BCUT2D eigenvalue weighted by atomic mass is 9.64. The van der Waals surface area contributed by atoms with Crippen LogP contribution in [0.5, 0.6) is 11.5 Å². The van der Waals surface area contributed by atoms with E-state index in [0.717, 1.165) is 13.9 Å². The number of allylic oxidation sites excluding steroid dienone is 2. The zero-order valence-electron chi connectivity index (χ0n) is 21.8. The van der Waals surface area contributed by atoms with Gasteiger partial charge in [0.15, 0.2) is 33.0 Å². The number of phenolic OH excluding ortho intramolecular Hbond substituents is 1. The van der Waals surface area contributed by atoms with Gasteiger partial charge in [0, 0.05) is 24.9 Å². The molecule has 17 heteroatoms. The first kappa shape index (κ1) is 29.0. The monoisotopic (exact) mass is 646 g/mol. The fraction of sp³-hybridized carbons (Fsp3) is 0.308. The van der Waals surface area contributed by atoms with Gasteiger partial charge in [0.25, 0.3) is 11.8 Å². The van der Waals surface area contributed by atoms with Crippen molar-refractivity contribution in [1.29, 1.82) is 0 Å².